The number of nitrogens with zero attached hydrogens (tertiary/aromatic N) is 2. The van der Waals surface area contributed by atoms with Crippen LogP contribution in [-0.2, 0) is 22.7 Å². The number of imide groups is 1. The third-order valence-electron chi connectivity index (χ3n) is 2.80. The fourth-order valence-corrected chi connectivity index (χ4v) is 1.80. The monoisotopic (exact) mass is 236 g/mol. The normalized spacial score (nSPS) is 20.4. The molecule has 0 bridgehead atoms. The van der Waals surface area contributed by atoms with Crippen LogP contribution in [0.3, 0.4) is 0 Å². The summed E-state index contributed by atoms with van der Waals surface area (Å²) in [5.41, 5.74) is 1.04. The Kier molecular flexibility index (Phi) is 3.53. The van der Waals surface area contributed by atoms with Crippen molar-refractivity contribution in [3.8, 4) is 0 Å². The van der Waals surface area contributed by atoms with Gasteiger partial charge in [-0.1, -0.05) is 0 Å². The maximum absolute atomic E-state index is 11.5. The van der Waals surface area contributed by atoms with E-state index in [1.807, 2.05) is 17.8 Å². The predicted molar refractivity (Wildman–Crippen MR) is 60.9 cm³/mol. The lowest BCUT2D eigenvalue weighted by Gasteiger charge is -2.21. The molecule has 1 saturated heterocycles. The number of nitrogens with one attached hydrogen (secondary N) is 2. The molecule has 2 rings (SSSR count). The fraction of sp³-hybridized carbons (Fsp3) is 0.545. The van der Waals surface area contributed by atoms with Gasteiger partial charge in [-0.25, -0.2) is 0 Å². The maximum Gasteiger partial charge on any atom is 0.243 e. The van der Waals surface area contributed by atoms with Crippen LogP contribution in [0.2, 0.25) is 0 Å². The molecule has 1 aromatic heterocycles. The minimum Gasteiger partial charge on any atom is -0.302 e. The lowest BCUT2D eigenvalue weighted by Crippen LogP contribution is -2.50. The van der Waals surface area contributed by atoms with Crippen molar-refractivity contribution in [1.82, 2.24) is 20.4 Å². The molecule has 1 atom stereocenters. The van der Waals surface area contributed by atoms with Gasteiger partial charge in [-0.2, -0.15) is 5.10 Å². The van der Waals surface area contributed by atoms with Crippen molar-refractivity contribution in [3.63, 3.8) is 0 Å². The van der Waals surface area contributed by atoms with Crippen LogP contribution in [0.5, 0.6) is 0 Å². The van der Waals surface area contributed by atoms with E-state index in [4.69, 9.17) is 0 Å². The number of hydrogen-bond acceptors (Lipinski definition) is 4. The SMILES string of the molecule is CCn1cc(CNC2CCC(=O)NC2=O)cn1. The Morgan fingerprint density at radius 1 is 1.59 bits per heavy atom. The number of carbonyl (C=O) groups excluding carboxylic acids is 2. The second kappa shape index (κ2) is 5.09. The van der Waals surface area contributed by atoms with E-state index in [-0.39, 0.29) is 17.9 Å². The number of aromatic nitrogens is 2. The number of rotatable bonds is 4. The Labute approximate surface area is 99.4 Å². The van der Waals surface area contributed by atoms with E-state index in [1.54, 1.807) is 6.20 Å². The average molecular weight is 236 g/mol. The van der Waals surface area contributed by atoms with Gasteiger partial charge in [0.1, 0.15) is 0 Å². The minimum absolute atomic E-state index is 0.188. The first-order valence-corrected chi connectivity index (χ1v) is 5.77. The van der Waals surface area contributed by atoms with E-state index in [0.29, 0.717) is 19.4 Å². The third-order valence-corrected chi connectivity index (χ3v) is 2.80. The predicted octanol–water partition coefficient (Wildman–Crippen LogP) is -0.202. The second-order valence-corrected chi connectivity index (χ2v) is 4.09. The van der Waals surface area contributed by atoms with Gasteiger partial charge < -0.3 is 5.32 Å². The molecule has 2 N–H and O–H groups in total. The van der Waals surface area contributed by atoms with Crippen molar-refractivity contribution >= 4 is 11.8 Å². The molecule has 6 nitrogen and oxygen atoms in total. The Hall–Kier alpha value is -1.69. The first kappa shape index (κ1) is 11.8. The highest BCUT2D eigenvalue weighted by molar-refractivity contribution is 6.00. The lowest BCUT2D eigenvalue weighted by atomic mass is 10.1. The van der Waals surface area contributed by atoms with E-state index in [9.17, 15) is 9.59 Å². The highest BCUT2D eigenvalue weighted by atomic mass is 16.2. The number of aryl methyl sites for hydroxylation is 1. The highest BCUT2D eigenvalue weighted by Gasteiger charge is 2.25. The van der Waals surface area contributed by atoms with Gasteiger partial charge in [-0.05, 0) is 13.3 Å². The topological polar surface area (TPSA) is 76.0 Å². The first-order valence-electron chi connectivity index (χ1n) is 5.77. The van der Waals surface area contributed by atoms with Crippen molar-refractivity contribution in [2.24, 2.45) is 0 Å². The van der Waals surface area contributed by atoms with Gasteiger partial charge in [0, 0.05) is 31.3 Å². The minimum atomic E-state index is -0.280. The molecule has 0 saturated carbocycles. The average Bonchev–Trinajstić information content (AvgIpc) is 2.76. The van der Waals surface area contributed by atoms with E-state index in [2.05, 4.69) is 15.7 Å². The van der Waals surface area contributed by atoms with Gasteiger partial charge in [0.05, 0.1) is 12.2 Å². The van der Waals surface area contributed by atoms with E-state index < -0.39 is 0 Å². The standard InChI is InChI=1S/C11H16N4O2/c1-2-15-7-8(6-13-15)5-12-9-3-4-10(16)14-11(9)17/h6-7,9,12H,2-5H2,1H3,(H,14,16,17). The molecule has 0 aromatic carbocycles. The van der Waals surface area contributed by atoms with Gasteiger partial charge >= 0.3 is 0 Å². The maximum atomic E-state index is 11.5. The van der Waals surface area contributed by atoms with Crippen molar-refractivity contribution < 1.29 is 9.59 Å². The van der Waals surface area contributed by atoms with Crippen LogP contribution in [0, 0.1) is 0 Å². The first-order chi connectivity index (χ1) is 8.19. The van der Waals surface area contributed by atoms with Crippen LogP contribution in [-0.4, -0.2) is 27.6 Å². The molecule has 1 aliphatic rings. The van der Waals surface area contributed by atoms with Crippen LogP contribution in [0.15, 0.2) is 12.4 Å². The van der Waals surface area contributed by atoms with Gasteiger partial charge in [0.15, 0.2) is 0 Å². The lowest BCUT2D eigenvalue weighted by molar-refractivity contribution is -0.134. The summed E-state index contributed by atoms with van der Waals surface area (Å²) in [4.78, 5) is 22.4. The van der Waals surface area contributed by atoms with Crippen LogP contribution >= 0.6 is 0 Å². The van der Waals surface area contributed by atoms with Gasteiger partial charge in [-0.15, -0.1) is 0 Å². The quantitative estimate of drug-likeness (QED) is 0.710. The molecule has 1 unspecified atom stereocenters. The van der Waals surface area contributed by atoms with E-state index in [0.717, 1.165) is 12.1 Å². The van der Waals surface area contributed by atoms with Crippen molar-refractivity contribution in [3.05, 3.63) is 18.0 Å². The fourth-order valence-electron chi connectivity index (χ4n) is 1.80. The molecular formula is C11H16N4O2. The molecule has 92 valence electrons. The van der Waals surface area contributed by atoms with Crippen LogP contribution < -0.4 is 10.6 Å². The van der Waals surface area contributed by atoms with E-state index in [1.165, 1.54) is 0 Å². The molecule has 0 radical (unpaired) electrons. The number of hydrogen-bond donors (Lipinski definition) is 2. The Balaban J connectivity index is 1.85. The number of piperidine rings is 1. The Morgan fingerprint density at radius 3 is 3.06 bits per heavy atom. The Bertz CT molecular complexity index is 427. The molecule has 17 heavy (non-hydrogen) atoms. The molecule has 1 aromatic rings. The zero-order chi connectivity index (χ0) is 12.3. The van der Waals surface area contributed by atoms with Gasteiger partial charge in [0.2, 0.25) is 11.8 Å². The highest BCUT2D eigenvalue weighted by Crippen LogP contribution is 2.06. The molecule has 1 fully saturated rings. The van der Waals surface area contributed by atoms with Gasteiger partial charge in [0.25, 0.3) is 0 Å². The van der Waals surface area contributed by atoms with Gasteiger partial charge in [-0.3, -0.25) is 19.6 Å². The zero-order valence-corrected chi connectivity index (χ0v) is 9.77. The second-order valence-electron chi connectivity index (χ2n) is 4.09. The zero-order valence-electron chi connectivity index (χ0n) is 9.77. The molecular weight excluding hydrogens is 220 g/mol. The third kappa shape index (κ3) is 2.91. The van der Waals surface area contributed by atoms with Crippen LogP contribution in [0.4, 0.5) is 0 Å². The Morgan fingerprint density at radius 2 is 2.41 bits per heavy atom. The molecule has 2 amide bonds. The molecule has 6 heteroatoms. The summed E-state index contributed by atoms with van der Waals surface area (Å²) in [5, 5.41) is 9.60. The largest absolute Gasteiger partial charge is 0.302 e. The summed E-state index contributed by atoms with van der Waals surface area (Å²) >= 11 is 0. The molecule has 2 heterocycles. The summed E-state index contributed by atoms with van der Waals surface area (Å²) in [7, 11) is 0. The summed E-state index contributed by atoms with van der Waals surface area (Å²) < 4.78 is 1.83. The molecule has 0 spiro atoms. The van der Waals surface area contributed by atoms with Crippen molar-refractivity contribution in [2.45, 2.75) is 38.9 Å². The smallest absolute Gasteiger partial charge is 0.243 e. The van der Waals surface area contributed by atoms with Crippen molar-refractivity contribution in [2.75, 3.05) is 0 Å². The number of carbonyl (C=O) groups is 2. The molecule has 1 aliphatic heterocycles. The summed E-state index contributed by atoms with van der Waals surface area (Å²) in [6.45, 7) is 3.44. The number of amides is 2. The van der Waals surface area contributed by atoms with Crippen molar-refractivity contribution in [1.29, 1.82) is 0 Å². The van der Waals surface area contributed by atoms with E-state index >= 15 is 0 Å². The summed E-state index contributed by atoms with van der Waals surface area (Å²) in [6.07, 6.45) is 4.69. The van der Waals surface area contributed by atoms with Crippen LogP contribution in [0.25, 0.3) is 0 Å². The van der Waals surface area contributed by atoms with Crippen LogP contribution in [0.1, 0.15) is 25.3 Å². The summed E-state index contributed by atoms with van der Waals surface area (Å²) in [5.74, 6) is -0.420. The molecule has 0 aliphatic carbocycles. The summed E-state index contributed by atoms with van der Waals surface area (Å²) in [6, 6.07) is -0.280.